The number of aryl methyl sites for hydroxylation is 1. The zero-order valence-electron chi connectivity index (χ0n) is 16.5. The van der Waals surface area contributed by atoms with Gasteiger partial charge in [-0.05, 0) is 75.0 Å². The van der Waals surface area contributed by atoms with Gasteiger partial charge in [-0.3, -0.25) is 20.9 Å². The molecule has 0 aliphatic heterocycles. The molecule has 0 aliphatic carbocycles. The van der Waals surface area contributed by atoms with Crippen LogP contribution < -0.4 is 11.3 Å². The topological polar surface area (TPSA) is 72.2 Å². The summed E-state index contributed by atoms with van der Waals surface area (Å²) in [6, 6.07) is 12.2. The van der Waals surface area contributed by atoms with E-state index in [0.29, 0.717) is 16.1 Å². The number of hydrogen-bond donors (Lipinski definition) is 2. The highest BCUT2D eigenvalue weighted by Gasteiger charge is 2.10. The van der Waals surface area contributed by atoms with Gasteiger partial charge in [0.2, 0.25) is 0 Å². The molecule has 0 saturated carbocycles. The fourth-order valence-electron chi connectivity index (χ4n) is 1.50. The summed E-state index contributed by atoms with van der Waals surface area (Å²) in [5.74, 6) is 5.06. The summed E-state index contributed by atoms with van der Waals surface area (Å²) in [7, 11) is 0. The van der Waals surface area contributed by atoms with Crippen LogP contribution in [0.15, 0.2) is 42.5 Å². The smallest absolute Gasteiger partial charge is 0.253 e. The second kappa shape index (κ2) is 13.9. The first-order valence-electron chi connectivity index (χ1n) is 8.09. The molecule has 0 aromatic heterocycles. The molecule has 0 atom stereocenters. The van der Waals surface area contributed by atoms with Crippen molar-refractivity contribution < 1.29 is 9.59 Å². The van der Waals surface area contributed by atoms with Crippen molar-refractivity contribution in [2.75, 3.05) is 0 Å². The van der Waals surface area contributed by atoms with Crippen molar-refractivity contribution in [3.8, 4) is 0 Å². The maximum atomic E-state index is 10.8. The minimum atomic E-state index is -0.511. The molecule has 8 heteroatoms. The van der Waals surface area contributed by atoms with E-state index in [-0.39, 0.29) is 17.9 Å². The second-order valence-corrected chi connectivity index (χ2v) is 7.74. The van der Waals surface area contributed by atoms with E-state index in [2.05, 4.69) is 5.43 Å². The third kappa shape index (κ3) is 11.6. The predicted octanol–water partition coefficient (Wildman–Crippen LogP) is 6.07. The molecule has 4 nitrogen and oxygen atoms in total. The Morgan fingerprint density at radius 2 is 1.39 bits per heavy atom. The van der Waals surface area contributed by atoms with Crippen molar-refractivity contribution >= 4 is 57.7 Å². The van der Waals surface area contributed by atoms with E-state index in [9.17, 15) is 9.59 Å². The van der Waals surface area contributed by atoms with Crippen LogP contribution in [0, 0.1) is 13.8 Å². The van der Waals surface area contributed by atoms with E-state index in [1.165, 1.54) is 0 Å². The summed E-state index contributed by atoms with van der Waals surface area (Å²) in [5, 5.41) is -0.464. The average Bonchev–Trinajstić information content (AvgIpc) is 2.60. The molecule has 0 saturated heterocycles. The largest absolute Gasteiger partial charge is 0.276 e. The standard InChI is InChI=1S/C9H8Cl2O.C7H5ClO.C4H12N2.ClH/c1-5-3-4-7(9(11)12)8(10)6(5)2;8-7(9)6-4-2-1-3-5-6;1-4(2,3)6-5;/h3-4H,1-2H3;1-5H;6H,5H2,1-3H3;1H. The molecule has 0 fully saturated rings. The van der Waals surface area contributed by atoms with E-state index in [1.807, 2.05) is 46.8 Å². The van der Waals surface area contributed by atoms with Crippen LogP contribution in [0.1, 0.15) is 52.6 Å². The molecule has 0 aliphatic rings. The quantitative estimate of drug-likeness (QED) is 0.319. The Hall–Kier alpha value is -1.14. The van der Waals surface area contributed by atoms with Crippen LogP contribution in [0.4, 0.5) is 0 Å². The molecule has 0 unspecified atom stereocenters. The van der Waals surface area contributed by atoms with Crippen LogP contribution in [-0.2, 0) is 0 Å². The van der Waals surface area contributed by atoms with Gasteiger partial charge >= 0.3 is 0 Å². The SMILES string of the molecule is CC(C)(C)NN.Cc1ccc(C(=O)Cl)c(Cl)c1C.Cl.O=C(Cl)c1ccccc1. The number of nitrogens with two attached hydrogens (primary N) is 1. The molecule has 2 aromatic rings. The summed E-state index contributed by atoms with van der Waals surface area (Å²) >= 11 is 16.4. The molecule has 0 spiro atoms. The molecule has 0 bridgehead atoms. The van der Waals surface area contributed by atoms with Gasteiger partial charge in [0, 0.05) is 11.1 Å². The van der Waals surface area contributed by atoms with Gasteiger partial charge in [0.15, 0.2) is 0 Å². The van der Waals surface area contributed by atoms with Crippen LogP contribution in [-0.4, -0.2) is 16.0 Å². The van der Waals surface area contributed by atoms with Crippen LogP contribution in [0.3, 0.4) is 0 Å². The summed E-state index contributed by atoms with van der Waals surface area (Å²) in [6.45, 7) is 9.82. The first-order valence-corrected chi connectivity index (χ1v) is 9.22. The maximum absolute atomic E-state index is 10.8. The number of hydrazine groups is 1. The Kier molecular flexibility index (Phi) is 14.5. The van der Waals surface area contributed by atoms with Crippen molar-refractivity contribution in [2.45, 2.75) is 40.2 Å². The molecule has 2 aromatic carbocycles. The molecule has 0 radical (unpaired) electrons. The van der Waals surface area contributed by atoms with Gasteiger partial charge in [-0.15, -0.1) is 12.4 Å². The number of nitrogens with one attached hydrogen (secondary N) is 1. The first-order chi connectivity index (χ1) is 12.4. The van der Waals surface area contributed by atoms with E-state index < -0.39 is 10.5 Å². The lowest BCUT2D eigenvalue weighted by Gasteiger charge is -2.14. The fraction of sp³-hybridized carbons (Fsp3) is 0.300. The normalized spacial score (nSPS) is 9.75. The molecule has 0 amide bonds. The van der Waals surface area contributed by atoms with E-state index >= 15 is 0 Å². The van der Waals surface area contributed by atoms with Crippen LogP contribution in [0.25, 0.3) is 0 Å². The third-order valence-corrected chi connectivity index (χ3v) is 4.21. The first kappa shape index (κ1) is 29.1. The predicted molar refractivity (Wildman–Crippen MR) is 122 cm³/mol. The molecule has 156 valence electrons. The van der Waals surface area contributed by atoms with Crippen LogP contribution >= 0.6 is 47.2 Å². The van der Waals surface area contributed by atoms with Crippen molar-refractivity contribution in [1.29, 1.82) is 0 Å². The molecular formula is C20H26Cl4N2O2. The molecule has 28 heavy (non-hydrogen) atoms. The number of rotatable bonds is 2. The van der Waals surface area contributed by atoms with Crippen molar-refractivity contribution in [3.05, 3.63) is 69.7 Å². The Morgan fingerprint density at radius 3 is 1.71 bits per heavy atom. The lowest BCUT2D eigenvalue weighted by molar-refractivity contribution is 0.107. The van der Waals surface area contributed by atoms with Crippen molar-refractivity contribution in [2.24, 2.45) is 5.84 Å². The van der Waals surface area contributed by atoms with Gasteiger partial charge < -0.3 is 0 Å². The summed E-state index contributed by atoms with van der Waals surface area (Å²) in [6.07, 6.45) is 0. The number of carbonyl (C=O) groups is 2. The highest BCUT2D eigenvalue weighted by atomic mass is 35.5. The Bertz CT molecular complexity index is 761. The average molecular weight is 468 g/mol. The summed E-state index contributed by atoms with van der Waals surface area (Å²) in [4.78, 5) is 21.2. The number of hydrogen-bond acceptors (Lipinski definition) is 4. The Labute approximate surface area is 188 Å². The maximum Gasteiger partial charge on any atom is 0.253 e. The van der Waals surface area contributed by atoms with Crippen LogP contribution in [0.2, 0.25) is 5.02 Å². The zero-order valence-corrected chi connectivity index (χ0v) is 19.6. The zero-order chi connectivity index (χ0) is 21.2. The minimum Gasteiger partial charge on any atom is -0.276 e. The molecule has 3 N–H and O–H groups in total. The van der Waals surface area contributed by atoms with Crippen molar-refractivity contribution in [3.63, 3.8) is 0 Å². The van der Waals surface area contributed by atoms with Gasteiger partial charge in [-0.2, -0.15) is 0 Å². The van der Waals surface area contributed by atoms with E-state index in [1.54, 1.807) is 30.3 Å². The molecule has 0 heterocycles. The number of carbonyl (C=O) groups excluding carboxylic acids is 2. The second-order valence-electron chi connectivity index (χ2n) is 6.68. The van der Waals surface area contributed by atoms with E-state index in [0.717, 1.165) is 11.1 Å². The van der Waals surface area contributed by atoms with Gasteiger partial charge in [-0.1, -0.05) is 48.0 Å². The number of halogens is 4. The minimum absolute atomic E-state index is 0. The fourth-order valence-corrected chi connectivity index (χ4v) is 2.13. The van der Waals surface area contributed by atoms with Gasteiger partial charge in [0.05, 0.1) is 10.6 Å². The molecule has 2 rings (SSSR count). The van der Waals surface area contributed by atoms with Crippen molar-refractivity contribution in [1.82, 2.24) is 5.43 Å². The lowest BCUT2D eigenvalue weighted by atomic mass is 10.1. The van der Waals surface area contributed by atoms with Gasteiger partial charge in [0.1, 0.15) is 0 Å². The summed E-state index contributed by atoms with van der Waals surface area (Å²) in [5.41, 5.74) is 5.55. The summed E-state index contributed by atoms with van der Waals surface area (Å²) < 4.78 is 0. The van der Waals surface area contributed by atoms with Crippen LogP contribution in [0.5, 0.6) is 0 Å². The lowest BCUT2D eigenvalue weighted by Crippen LogP contribution is -2.41. The Morgan fingerprint density at radius 1 is 0.929 bits per heavy atom. The monoisotopic (exact) mass is 466 g/mol. The number of benzene rings is 2. The highest BCUT2D eigenvalue weighted by Crippen LogP contribution is 2.24. The van der Waals surface area contributed by atoms with Gasteiger partial charge in [0.25, 0.3) is 10.5 Å². The van der Waals surface area contributed by atoms with Gasteiger partial charge in [-0.25, -0.2) is 0 Å². The Balaban J connectivity index is 0. The highest BCUT2D eigenvalue weighted by molar-refractivity contribution is 6.69. The van der Waals surface area contributed by atoms with E-state index in [4.69, 9.17) is 40.6 Å². The molecular weight excluding hydrogens is 442 g/mol. The third-order valence-electron chi connectivity index (χ3n) is 3.30.